The number of nitriles is 1. The van der Waals surface area contributed by atoms with Crippen LogP contribution in [0.2, 0.25) is 0 Å². The molecule has 0 bridgehead atoms. The predicted octanol–water partition coefficient (Wildman–Crippen LogP) is 2.81. The van der Waals surface area contributed by atoms with Gasteiger partial charge in [0, 0.05) is 19.3 Å². The Balaban J connectivity index is 1.44. The first-order chi connectivity index (χ1) is 12.3. The molecule has 5 heteroatoms. The van der Waals surface area contributed by atoms with Crippen LogP contribution in [-0.2, 0) is 0 Å². The molecular weight excluding hydrogens is 312 g/mol. The molecule has 0 amide bonds. The molecule has 25 heavy (non-hydrogen) atoms. The second-order valence-electron chi connectivity index (χ2n) is 6.56. The number of nitrogens with zero attached hydrogens (tertiary/aromatic N) is 3. The van der Waals surface area contributed by atoms with Crippen molar-refractivity contribution >= 4 is 5.69 Å². The molecular formula is C20H24N4O. The molecule has 0 spiro atoms. The summed E-state index contributed by atoms with van der Waals surface area (Å²) in [7, 11) is 0. The van der Waals surface area contributed by atoms with Crippen LogP contribution in [0, 0.1) is 17.2 Å². The number of β-amino-alcohol motifs (C(OH)–C–C–N with tert-alkyl or cyclic N) is 1. The maximum absolute atomic E-state index is 10.4. The van der Waals surface area contributed by atoms with Crippen molar-refractivity contribution in [3.8, 4) is 6.07 Å². The summed E-state index contributed by atoms with van der Waals surface area (Å²) in [4.78, 5) is 6.41. The molecule has 1 atom stereocenters. The van der Waals surface area contributed by atoms with Gasteiger partial charge in [0.05, 0.1) is 11.8 Å². The third-order valence-electron chi connectivity index (χ3n) is 4.82. The van der Waals surface area contributed by atoms with E-state index in [1.165, 1.54) is 0 Å². The van der Waals surface area contributed by atoms with Crippen LogP contribution in [0.3, 0.4) is 0 Å². The van der Waals surface area contributed by atoms with E-state index in [0.717, 1.165) is 43.7 Å². The lowest BCUT2D eigenvalue weighted by molar-refractivity contribution is 0.0909. The van der Waals surface area contributed by atoms with Crippen LogP contribution in [0.15, 0.2) is 48.7 Å². The van der Waals surface area contributed by atoms with E-state index in [1.807, 2.05) is 42.5 Å². The third-order valence-corrected chi connectivity index (χ3v) is 4.82. The van der Waals surface area contributed by atoms with Crippen LogP contribution in [0.4, 0.5) is 5.69 Å². The highest BCUT2D eigenvalue weighted by molar-refractivity contribution is 5.53. The minimum atomic E-state index is -0.426. The summed E-state index contributed by atoms with van der Waals surface area (Å²) in [5.41, 5.74) is 2.24. The second kappa shape index (κ2) is 8.61. The first-order valence-corrected chi connectivity index (χ1v) is 8.80. The Hall–Kier alpha value is -2.42. The Labute approximate surface area is 148 Å². The zero-order valence-corrected chi connectivity index (χ0v) is 14.3. The van der Waals surface area contributed by atoms with Crippen LogP contribution < -0.4 is 5.32 Å². The van der Waals surface area contributed by atoms with E-state index in [1.54, 1.807) is 6.20 Å². The summed E-state index contributed by atoms with van der Waals surface area (Å²) >= 11 is 0. The molecule has 0 aliphatic carbocycles. The fourth-order valence-electron chi connectivity index (χ4n) is 3.29. The molecule has 1 saturated heterocycles. The summed E-state index contributed by atoms with van der Waals surface area (Å²) < 4.78 is 0. The largest absolute Gasteiger partial charge is 0.387 e. The van der Waals surface area contributed by atoms with E-state index >= 15 is 0 Å². The maximum Gasteiger partial charge on any atom is 0.163 e. The molecule has 1 aromatic carbocycles. The third kappa shape index (κ3) is 4.79. The number of pyridine rings is 1. The number of aliphatic hydroxyl groups excluding tert-OH is 1. The predicted molar refractivity (Wildman–Crippen MR) is 98.0 cm³/mol. The highest BCUT2D eigenvalue weighted by Gasteiger charge is 2.21. The van der Waals surface area contributed by atoms with Gasteiger partial charge in [-0.15, -0.1) is 0 Å². The number of hydrogen-bond donors (Lipinski definition) is 2. The zero-order valence-electron chi connectivity index (χ0n) is 14.3. The quantitative estimate of drug-likeness (QED) is 0.849. The number of likely N-dealkylation sites (tertiary alicyclic amines) is 1. The SMILES string of the molecule is N#Cc1ncccc1NCC1CCN(CC(O)c2ccccc2)CC1. The highest BCUT2D eigenvalue weighted by Crippen LogP contribution is 2.22. The molecule has 1 aliphatic rings. The van der Waals surface area contributed by atoms with Gasteiger partial charge in [-0.1, -0.05) is 30.3 Å². The normalized spacial score (nSPS) is 17.0. The van der Waals surface area contributed by atoms with Gasteiger partial charge >= 0.3 is 0 Å². The van der Waals surface area contributed by atoms with Crippen molar-refractivity contribution < 1.29 is 5.11 Å². The van der Waals surface area contributed by atoms with Gasteiger partial charge in [-0.05, 0) is 49.5 Å². The van der Waals surface area contributed by atoms with E-state index in [-0.39, 0.29) is 0 Å². The standard InChI is InChI=1S/C20H24N4O/c21-13-19-18(7-4-10-22-19)23-14-16-8-11-24(12-9-16)15-20(25)17-5-2-1-3-6-17/h1-7,10,16,20,23,25H,8-9,11-12,14-15H2. The number of aliphatic hydroxyl groups is 1. The molecule has 2 heterocycles. The van der Waals surface area contributed by atoms with Crippen LogP contribution in [0.5, 0.6) is 0 Å². The molecule has 1 fully saturated rings. The van der Waals surface area contributed by atoms with Gasteiger partial charge in [0.25, 0.3) is 0 Å². The van der Waals surface area contributed by atoms with Crippen molar-refractivity contribution in [2.45, 2.75) is 18.9 Å². The van der Waals surface area contributed by atoms with E-state index in [9.17, 15) is 5.11 Å². The summed E-state index contributed by atoms with van der Waals surface area (Å²) in [5.74, 6) is 0.580. The van der Waals surface area contributed by atoms with Gasteiger partial charge in [0.1, 0.15) is 6.07 Å². The Kier molecular flexibility index (Phi) is 5.99. The molecule has 5 nitrogen and oxygen atoms in total. The molecule has 1 aliphatic heterocycles. The Morgan fingerprint density at radius 2 is 1.96 bits per heavy atom. The summed E-state index contributed by atoms with van der Waals surface area (Å²) in [6.45, 7) is 3.53. The molecule has 0 saturated carbocycles. The van der Waals surface area contributed by atoms with E-state index in [2.05, 4.69) is 21.3 Å². The first-order valence-electron chi connectivity index (χ1n) is 8.80. The number of anilines is 1. The van der Waals surface area contributed by atoms with E-state index in [4.69, 9.17) is 5.26 Å². The number of aromatic nitrogens is 1. The Morgan fingerprint density at radius 1 is 1.20 bits per heavy atom. The van der Waals surface area contributed by atoms with Gasteiger partial charge in [0.2, 0.25) is 0 Å². The lowest BCUT2D eigenvalue weighted by Crippen LogP contribution is -2.38. The van der Waals surface area contributed by atoms with Crippen LogP contribution in [0.1, 0.15) is 30.2 Å². The van der Waals surface area contributed by atoms with Gasteiger partial charge in [-0.25, -0.2) is 4.98 Å². The van der Waals surface area contributed by atoms with Crippen molar-refractivity contribution in [2.75, 3.05) is 31.5 Å². The van der Waals surface area contributed by atoms with Gasteiger partial charge in [-0.3, -0.25) is 0 Å². The smallest absolute Gasteiger partial charge is 0.163 e. The minimum absolute atomic E-state index is 0.426. The van der Waals surface area contributed by atoms with Crippen molar-refractivity contribution in [2.24, 2.45) is 5.92 Å². The van der Waals surface area contributed by atoms with E-state index in [0.29, 0.717) is 18.2 Å². The maximum atomic E-state index is 10.4. The zero-order chi connectivity index (χ0) is 17.5. The Bertz CT molecular complexity index is 705. The van der Waals surface area contributed by atoms with Crippen LogP contribution in [0.25, 0.3) is 0 Å². The fourth-order valence-corrected chi connectivity index (χ4v) is 3.29. The van der Waals surface area contributed by atoms with Crippen LogP contribution in [-0.4, -0.2) is 41.2 Å². The summed E-state index contributed by atoms with van der Waals surface area (Å²) in [5, 5.41) is 22.8. The molecule has 130 valence electrons. The van der Waals surface area contributed by atoms with Gasteiger partial charge < -0.3 is 15.3 Å². The van der Waals surface area contributed by atoms with Gasteiger partial charge in [0.15, 0.2) is 5.69 Å². The lowest BCUT2D eigenvalue weighted by Gasteiger charge is -2.33. The molecule has 2 N–H and O–H groups in total. The molecule has 1 unspecified atom stereocenters. The molecule has 3 rings (SSSR count). The number of nitrogens with one attached hydrogen (secondary N) is 1. The van der Waals surface area contributed by atoms with E-state index < -0.39 is 6.10 Å². The Morgan fingerprint density at radius 3 is 2.68 bits per heavy atom. The summed E-state index contributed by atoms with van der Waals surface area (Å²) in [6, 6.07) is 15.7. The number of rotatable bonds is 6. The molecule has 1 aromatic heterocycles. The lowest BCUT2D eigenvalue weighted by atomic mass is 9.96. The number of benzene rings is 1. The summed E-state index contributed by atoms with van der Waals surface area (Å²) in [6.07, 6.45) is 3.40. The number of hydrogen-bond acceptors (Lipinski definition) is 5. The van der Waals surface area contributed by atoms with Crippen molar-refractivity contribution in [3.05, 3.63) is 59.9 Å². The van der Waals surface area contributed by atoms with Crippen molar-refractivity contribution in [1.82, 2.24) is 9.88 Å². The highest BCUT2D eigenvalue weighted by atomic mass is 16.3. The van der Waals surface area contributed by atoms with Gasteiger partial charge in [-0.2, -0.15) is 5.26 Å². The van der Waals surface area contributed by atoms with Crippen molar-refractivity contribution in [1.29, 1.82) is 5.26 Å². The average Bonchev–Trinajstić information content (AvgIpc) is 2.68. The fraction of sp³-hybridized carbons (Fsp3) is 0.400. The topological polar surface area (TPSA) is 72.2 Å². The second-order valence-corrected chi connectivity index (χ2v) is 6.56. The minimum Gasteiger partial charge on any atom is -0.387 e. The molecule has 2 aromatic rings. The monoisotopic (exact) mass is 336 g/mol. The average molecular weight is 336 g/mol. The first kappa shape index (κ1) is 17.4. The molecule has 0 radical (unpaired) electrons. The van der Waals surface area contributed by atoms with Crippen LogP contribution >= 0.6 is 0 Å². The van der Waals surface area contributed by atoms with Crippen molar-refractivity contribution in [3.63, 3.8) is 0 Å². The number of piperidine rings is 1.